The molecule has 2 aromatic rings. The summed E-state index contributed by atoms with van der Waals surface area (Å²) in [5.41, 5.74) is 1.65. The van der Waals surface area contributed by atoms with E-state index < -0.39 is 0 Å². The van der Waals surface area contributed by atoms with E-state index in [1.54, 1.807) is 18.2 Å². The summed E-state index contributed by atoms with van der Waals surface area (Å²) in [6.45, 7) is 4.87. The van der Waals surface area contributed by atoms with E-state index in [1.807, 2.05) is 36.4 Å². The summed E-state index contributed by atoms with van der Waals surface area (Å²) in [6.07, 6.45) is 3.23. The lowest BCUT2D eigenvalue weighted by Gasteiger charge is -2.09. The number of hydrogen-bond donors (Lipinski definition) is 1. The molecule has 0 atom stereocenters. The van der Waals surface area contributed by atoms with Crippen molar-refractivity contribution in [3.63, 3.8) is 0 Å². The lowest BCUT2D eigenvalue weighted by Crippen LogP contribution is -2.08. The van der Waals surface area contributed by atoms with Gasteiger partial charge in [-0.3, -0.25) is 4.79 Å². The van der Waals surface area contributed by atoms with Crippen LogP contribution in [0.5, 0.6) is 5.75 Å². The number of carbonyl (C=O) groups is 1. The van der Waals surface area contributed by atoms with E-state index in [4.69, 9.17) is 16.3 Å². The zero-order valence-corrected chi connectivity index (χ0v) is 14.0. The molecule has 120 valence electrons. The van der Waals surface area contributed by atoms with Crippen LogP contribution < -0.4 is 10.1 Å². The first kappa shape index (κ1) is 17.1. The standard InChI is InChI=1S/C19H20ClNO2/c1-14(2)13-23-18-10-8-17(9-11-18)21-19(22)12-5-15-3-6-16(20)7-4-15/h3-12,14H,13H2,1-2H3,(H,21,22)/b12-5+. The molecule has 0 saturated heterocycles. The molecule has 0 unspecified atom stereocenters. The summed E-state index contributed by atoms with van der Waals surface area (Å²) < 4.78 is 5.60. The number of benzene rings is 2. The number of nitrogens with one attached hydrogen (secondary N) is 1. The Labute approximate surface area is 141 Å². The van der Waals surface area contributed by atoms with Gasteiger partial charge in [0.1, 0.15) is 5.75 Å². The van der Waals surface area contributed by atoms with Crippen molar-refractivity contribution in [1.82, 2.24) is 0 Å². The molecule has 0 aliphatic carbocycles. The highest BCUT2D eigenvalue weighted by Gasteiger charge is 2.00. The van der Waals surface area contributed by atoms with Crippen LogP contribution in [0, 0.1) is 5.92 Å². The van der Waals surface area contributed by atoms with E-state index in [0.29, 0.717) is 17.5 Å². The highest BCUT2D eigenvalue weighted by atomic mass is 35.5. The predicted molar refractivity (Wildman–Crippen MR) is 95.9 cm³/mol. The van der Waals surface area contributed by atoms with Crippen LogP contribution in [0.3, 0.4) is 0 Å². The second-order valence-electron chi connectivity index (χ2n) is 5.60. The fourth-order valence-corrected chi connectivity index (χ4v) is 1.95. The van der Waals surface area contributed by atoms with Crippen molar-refractivity contribution in [2.24, 2.45) is 5.92 Å². The molecule has 0 saturated carbocycles. The summed E-state index contributed by atoms with van der Waals surface area (Å²) in [5.74, 6) is 1.09. The number of ether oxygens (including phenoxy) is 1. The van der Waals surface area contributed by atoms with Crippen LogP contribution in [0.4, 0.5) is 5.69 Å². The van der Waals surface area contributed by atoms with Gasteiger partial charge in [0.2, 0.25) is 5.91 Å². The third-order valence-electron chi connectivity index (χ3n) is 3.00. The van der Waals surface area contributed by atoms with E-state index >= 15 is 0 Å². The van der Waals surface area contributed by atoms with Crippen LogP contribution in [-0.4, -0.2) is 12.5 Å². The molecular formula is C19H20ClNO2. The van der Waals surface area contributed by atoms with Crippen molar-refractivity contribution >= 4 is 29.3 Å². The average molecular weight is 330 g/mol. The molecule has 2 rings (SSSR count). The van der Waals surface area contributed by atoms with Gasteiger partial charge in [-0.2, -0.15) is 0 Å². The van der Waals surface area contributed by atoms with E-state index in [9.17, 15) is 4.79 Å². The van der Waals surface area contributed by atoms with E-state index in [0.717, 1.165) is 17.0 Å². The molecule has 1 N–H and O–H groups in total. The lowest BCUT2D eigenvalue weighted by molar-refractivity contribution is -0.111. The zero-order valence-electron chi connectivity index (χ0n) is 13.3. The molecule has 0 fully saturated rings. The molecule has 4 heteroatoms. The average Bonchev–Trinajstić information content (AvgIpc) is 2.53. The SMILES string of the molecule is CC(C)COc1ccc(NC(=O)/C=C/c2ccc(Cl)cc2)cc1. The van der Waals surface area contributed by atoms with Crippen LogP contribution in [0.25, 0.3) is 6.08 Å². The smallest absolute Gasteiger partial charge is 0.248 e. The number of anilines is 1. The maximum atomic E-state index is 11.9. The first-order valence-corrected chi connectivity index (χ1v) is 7.88. The third-order valence-corrected chi connectivity index (χ3v) is 3.25. The molecule has 0 spiro atoms. The Hall–Kier alpha value is -2.26. The minimum atomic E-state index is -0.184. The van der Waals surface area contributed by atoms with Gasteiger partial charge >= 0.3 is 0 Å². The van der Waals surface area contributed by atoms with Crippen LogP contribution in [0.15, 0.2) is 54.6 Å². The molecule has 0 aliphatic rings. The molecular weight excluding hydrogens is 310 g/mol. The van der Waals surface area contributed by atoms with Crippen molar-refractivity contribution in [1.29, 1.82) is 0 Å². The predicted octanol–water partition coefficient (Wildman–Crippen LogP) is 5.03. The Morgan fingerprint density at radius 3 is 2.39 bits per heavy atom. The molecule has 2 aromatic carbocycles. The molecule has 0 bridgehead atoms. The molecule has 0 aromatic heterocycles. The van der Waals surface area contributed by atoms with Gasteiger partial charge < -0.3 is 10.1 Å². The Morgan fingerprint density at radius 2 is 1.78 bits per heavy atom. The van der Waals surface area contributed by atoms with E-state index in [-0.39, 0.29) is 5.91 Å². The van der Waals surface area contributed by atoms with E-state index in [1.165, 1.54) is 6.08 Å². The Bertz CT molecular complexity index is 661. The van der Waals surface area contributed by atoms with Crippen molar-refractivity contribution in [3.8, 4) is 5.75 Å². The topological polar surface area (TPSA) is 38.3 Å². The van der Waals surface area contributed by atoms with E-state index in [2.05, 4.69) is 19.2 Å². The monoisotopic (exact) mass is 329 g/mol. The number of amides is 1. The molecule has 3 nitrogen and oxygen atoms in total. The minimum absolute atomic E-state index is 0.184. The van der Waals surface area contributed by atoms with Crippen LogP contribution in [-0.2, 0) is 4.79 Å². The summed E-state index contributed by atoms with van der Waals surface area (Å²) in [4.78, 5) is 11.9. The van der Waals surface area contributed by atoms with Gasteiger partial charge in [0.15, 0.2) is 0 Å². The Morgan fingerprint density at radius 1 is 1.13 bits per heavy atom. The van der Waals surface area contributed by atoms with Gasteiger partial charge in [-0.1, -0.05) is 37.6 Å². The van der Waals surface area contributed by atoms with Gasteiger partial charge in [-0.15, -0.1) is 0 Å². The zero-order chi connectivity index (χ0) is 16.7. The van der Waals surface area contributed by atoms with Gasteiger partial charge in [0, 0.05) is 16.8 Å². The van der Waals surface area contributed by atoms with Gasteiger partial charge in [-0.05, 0) is 54.0 Å². The molecule has 0 aliphatic heterocycles. The van der Waals surface area contributed by atoms with Crippen LogP contribution in [0.1, 0.15) is 19.4 Å². The fraction of sp³-hybridized carbons (Fsp3) is 0.211. The number of rotatable bonds is 6. The van der Waals surface area contributed by atoms with Gasteiger partial charge in [0.25, 0.3) is 0 Å². The third kappa shape index (κ3) is 6.17. The maximum absolute atomic E-state index is 11.9. The Kier molecular flexibility index (Phi) is 6.24. The van der Waals surface area contributed by atoms with Gasteiger partial charge in [0.05, 0.1) is 6.61 Å². The van der Waals surface area contributed by atoms with Crippen molar-refractivity contribution in [2.45, 2.75) is 13.8 Å². The van der Waals surface area contributed by atoms with Crippen LogP contribution >= 0.6 is 11.6 Å². The summed E-state index contributed by atoms with van der Waals surface area (Å²) in [7, 11) is 0. The highest BCUT2D eigenvalue weighted by Crippen LogP contribution is 2.16. The summed E-state index contributed by atoms with van der Waals surface area (Å²) in [6, 6.07) is 14.6. The molecule has 1 amide bonds. The maximum Gasteiger partial charge on any atom is 0.248 e. The first-order valence-electron chi connectivity index (χ1n) is 7.50. The lowest BCUT2D eigenvalue weighted by atomic mass is 10.2. The van der Waals surface area contributed by atoms with Crippen molar-refractivity contribution < 1.29 is 9.53 Å². The second-order valence-corrected chi connectivity index (χ2v) is 6.04. The number of carbonyl (C=O) groups excluding carboxylic acids is 1. The molecule has 0 radical (unpaired) electrons. The number of hydrogen-bond acceptors (Lipinski definition) is 2. The first-order chi connectivity index (χ1) is 11.0. The fourth-order valence-electron chi connectivity index (χ4n) is 1.83. The normalized spacial score (nSPS) is 11.0. The summed E-state index contributed by atoms with van der Waals surface area (Å²) in [5, 5.41) is 3.48. The molecule has 0 heterocycles. The van der Waals surface area contributed by atoms with Gasteiger partial charge in [-0.25, -0.2) is 0 Å². The quantitative estimate of drug-likeness (QED) is 0.755. The largest absolute Gasteiger partial charge is 0.493 e. The van der Waals surface area contributed by atoms with Crippen LogP contribution in [0.2, 0.25) is 5.02 Å². The van der Waals surface area contributed by atoms with Crippen molar-refractivity contribution in [2.75, 3.05) is 11.9 Å². The molecule has 23 heavy (non-hydrogen) atoms. The summed E-state index contributed by atoms with van der Waals surface area (Å²) >= 11 is 5.82. The Balaban J connectivity index is 1.88. The van der Waals surface area contributed by atoms with Crippen molar-refractivity contribution in [3.05, 3.63) is 65.2 Å². The highest BCUT2D eigenvalue weighted by molar-refractivity contribution is 6.30. The number of halogens is 1. The second kappa shape index (κ2) is 8.39. The minimum Gasteiger partial charge on any atom is -0.493 e.